The standard InChI is InChI=1S/C25H31N2O2/c1-14-10-16(3)21(17(4)11-14)26-20(7)27(24(29)25(8,9)23(26)28)22-18(5)12-15(2)13-19(22)6/h10-13H,1-9H3/q+1. The normalized spacial score (nSPS) is 16.7. The van der Waals surface area contributed by atoms with Gasteiger partial charge in [-0.3, -0.25) is 0 Å². The molecule has 4 heteroatoms. The highest BCUT2D eigenvalue weighted by Crippen LogP contribution is 2.37. The van der Waals surface area contributed by atoms with E-state index in [1.807, 2.05) is 34.6 Å². The number of hydrogen-bond donors (Lipinski definition) is 0. The van der Waals surface area contributed by atoms with E-state index < -0.39 is 5.41 Å². The monoisotopic (exact) mass is 391 g/mol. The number of carbonyl (C=O) groups excluding carboxylic acids is 2. The summed E-state index contributed by atoms with van der Waals surface area (Å²) < 4.78 is 1.74. The van der Waals surface area contributed by atoms with Gasteiger partial charge >= 0.3 is 11.8 Å². The van der Waals surface area contributed by atoms with Gasteiger partial charge in [0, 0.05) is 6.92 Å². The molecule has 152 valence electrons. The first-order valence-electron chi connectivity index (χ1n) is 10.1. The lowest BCUT2D eigenvalue weighted by molar-refractivity contribution is -0.380. The molecule has 0 saturated heterocycles. The fourth-order valence-electron chi connectivity index (χ4n) is 4.62. The molecule has 1 aliphatic heterocycles. The molecule has 0 radical (unpaired) electrons. The van der Waals surface area contributed by atoms with Gasteiger partial charge in [-0.25, -0.2) is 9.59 Å². The number of hydrogen-bond acceptors (Lipinski definition) is 2. The van der Waals surface area contributed by atoms with Crippen molar-refractivity contribution >= 4 is 29.0 Å². The fraction of sp³-hybridized carbons (Fsp3) is 0.400. The topological polar surface area (TPSA) is 40.4 Å². The maximum atomic E-state index is 13.5. The van der Waals surface area contributed by atoms with Crippen LogP contribution >= 0.6 is 0 Å². The maximum absolute atomic E-state index is 13.5. The van der Waals surface area contributed by atoms with Crippen molar-refractivity contribution in [1.29, 1.82) is 0 Å². The Labute approximate surface area is 173 Å². The molecule has 2 aromatic rings. The van der Waals surface area contributed by atoms with Crippen LogP contribution in [0.2, 0.25) is 0 Å². The van der Waals surface area contributed by atoms with Gasteiger partial charge in [0.05, 0.1) is 0 Å². The Balaban J connectivity index is 2.40. The Bertz CT molecular complexity index is 1040. The Kier molecular flexibility index (Phi) is 5.02. The largest absolute Gasteiger partial charge is 0.332 e. The minimum absolute atomic E-state index is 0.186. The third-order valence-electron chi connectivity index (χ3n) is 5.84. The van der Waals surface area contributed by atoms with Crippen molar-refractivity contribution in [2.45, 2.75) is 62.3 Å². The van der Waals surface area contributed by atoms with E-state index in [-0.39, 0.29) is 11.8 Å². The second kappa shape index (κ2) is 6.94. The van der Waals surface area contributed by atoms with Gasteiger partial charge in [0.1, 0.15) is 11.4 Å². The SMILES string of the molecule is CC1=[N+](c2c(C)cc(C)cc2C)C(=O)C(C)(C)C(=O)N1c1c(C)cc(C)cc1C. The molecule has 0 saturated carbocycles. The van der Waals surface area contributed by atoms with Gasteiger partial charge in [0.15, 0.2) is 5.41 Å². The van der Waals surface area contributed by atoms with Gasteiger partial charge in [-0.15, -0.1) is 0 Å². The molecule has 2 amide bonds. The highest BCUT2D eigenvalue weighted by molar-refractivity contribution is 6.25. The summed E-state index contributed by atoms with van der Waals surface area (Å²) in [7, 11) is 0. The average molecular weight is 392 g/mol. The third-order valence-corrected chi connectivity index (χ3v) is 5.84. The second-order valence-corrected chi connectivity index (χ2v) is 8.95. The van der Waals surface area contributed by atoms with Crippen LogP contribution in [0.25, 0.3) is 0 Å². The third kappa shape index (κ3) is 3.21. The molecule has 0 atom stereocenters. The van der Waals surface area contributed by atoms with Crippen molar-refractivity contribution in [2.24, 2.45) is 5.41 Å². The molecule has 4 nitrogen and oxygen atoms in total. The number of benzene rings is 2. The molecular formula is C25H31N2O2+. The van der Waals surface area contributed by atoms with Crippen molar-refractivity contribution in [2.75, 3.05) is 4.90 Å². The van der Waals surface area contributed by atoms with Crippen LogP contribution < -0.4 is 4.90 Å². The van der Waals surface area contributed by atoms with Crippen LogP contribution in [0.4, 0.5) is 11.4 Å². The van der Waals surface area contributed by atoms with Crippen molar-refractivity contribution in [3.05, 3.63) is 57.6 Å². The maximum Gasteiger partial charge on any atom is 0.332 e. The van der Waals surface area contributed by atoms with Crippen LogP contribution in [0.15, 0.2) is 24.3 Å². The Hall–Kier alpha value is -2.75. The summed E-state index contributed by atoms with van der Waals surface area (Å²) in [5.74, 6) is 0.256. The molecule has 0 bridgehead atoms. The van der Waals surface area contributed by atoms with Crippen LogP contribution in [0.3, 0.4) is 0 Å². The number of nitrogens with zero attached hydrogens (tertiary/aromatic N) is 2. The lowest BCUT2D eigenvalue weighted by atomic mass is 9.86. The average Bonchev–Trinajstić information content (AvgIpc) is 2.58. The number of anilines is 1. The van der Waals surface area contributed by atoms with Gasteiger partial charge in [0.25, 0.3) is 5.84 Å². The molecule has 0 unspecified atom stereocenters. The van der Waals surface area contributed by atoms with E-state index in [4.69, 9.17) is 0 Å². The first-order chi connectivity index (χ1) is 13.4. The van der Waals surface area contributed by atoms with E-state index in [9.17, 15) is 9.59 Å². The van der Waals surface area contributed by atoms with Crippen LogP contribution in [0, 0.1) is 47.0 Å². The minimum atomic E-state index is -1.16. The highest BCUT2D eigenvalue weighted by Gasteiger charge is 2.55. The number of amides is 2. The zero-order valence-corrected chi connectivity index (χ0v) is 19.0. The van der Waals surface area contributed by atoms with Crippen LogP contribution in [-0.2, 0) is 9.59 Å². The predicted octanol–water partition coefficient (Wildman–Crippen LogP) is 5.20. The summed E-state index contributed by atoms with van der Waals surface area (Å²) in [5, 5.41) is 0. The Morgan fingerprint density at radius 3 is 1.59 bits per heavy atom. The van der Waals surface area contributed by atoms with Crippen molar-refractivity contribution in [3.63, 3.8) is 0 Å². The molecule has 3 rings (SSSR count). The van der Waals surface area contributed by atoms with Crippen molar-refractivity contribution < 1.29 is 14.2 Å². The summed E-state index contributed by atoms with van der Waals surface area (Å²) in [4.78, 5) is 28.8. The highest BCUT2D eigenvalue weighted by atomic mass is 16.2. The molecule has 0 aliphatic carbocycles. The Morgan fingerprint density at radius 1 is 0.724 bits per heavy atom. The van der Waals surface area contributed by atoms with Gasteiger partial charge < -0.3 is 0 Å². The first-order valence-corrected chi connectivity index (χ1v) is 10.1. The Morgan fingerprint density at radius 2 is 1.14 bits per heavy atom. The van der Waals surface area contributed by atoms with E-state index in [2.05, 4.69) is 38.1 Å². The molecule has 0 aromatic heterocycles. The molecule has 2 aromatic carbocycles. The molecule has 0 spiro atoms. The predicted molar refractivity (Wildman–Crippen MR) is 118 cm³/mol. The quantitative estimate of drug-likeness (QED) is 0.521. The number of rotatable bonds is 2. The molecule has 1 heterocycles. The smallest absolute Gasteiger partial charge is 0.245 e. The van der Waals surface area contributed by atoms with Gasteiger partial charge in [0.2, 0.25) is 0 Å². The summed E-state index contributed by atoms with van der Waals surface area (Å²) in [6, 6.07) is 8.33. The lowest BCUT2D eigenvalue weighted by Crippen LogP contribution is -2.58. The first kappa shape index (κ1) is 21.0. The summed E-state index contributed by atoms with van der Waals surface area (Å²) in [6.45, 7) is 17.5. The van der Waals surface area contributed by atoms with Gasteiger partial charge in [-0.2, -0.15) is 9.48 Å². The molecule has 0 N–H and O–H groups in total. The number of aryl methyl sites for hydroxylation is 6. The molecular weight excluding hydrogens is 360 g/mol. The lowest BCUT2D eigenvalue weighted by Gasteiger charge is -2.33. The van der Waals surface area contributed by atoms with Gasteiger partial charge in [-0.1, -0.05) is 35.4 Å². The molecule has 0 fully saturated rings. The van der Waals surface area contributed by atoms with E-state index in [1.165, 1.54) is 0 Å². The van der Waals surface area contributed by atoms with Crippen LogP contribution in [-0.4, -0.2) is 22.2 Å². The summed E-state index contributed by atoms with van der Waals surface area (Å²) in [6.07, 6.45) is 0. The van der Waals surface area contributed by atoms with Gasteiger partial charge in [-0.05, 0) is 77.6 Å². The van der Waals surface area contributed by atoms with E-state index in [1.54, 1.807) is 23.3 Å². The number of amidine groups is 1. The minimum Gasteiger partial charge on any atom is -0.245 e. The van der Waals surface area contributed by atoms with Crippen LogP contribution in [0.1, 0.15) is 54.2 Å². The number of carbonyl (C=O) groups is 2. The fourth-order valence-corrected chi connectivity index (χ4v) is 4.62. The van der Waals surface area contributed by atoms with Crippen molar-refractivity contribution in [3.8, 4) is 0 Å². The summed E-state index contributed by atoms with van der Waals surface area (Å²) >= 11 is 0. The van der Waals surface area contributed by atoms with Crippen molar-refractivity contribution in [1.82, 2.24) is 0 Å². The van der Waals surface area contributed by atoms with E-state index in [0.29, 0.717) is 5.84 Å². The molecule has 29 heavy (non-hydrogen) atoms. The summed E-state index contributed by atoms with van der Waals surface area (Å²) in [5.41, 5.74) is 6.99. The zero-order chi connectivity index (χ0) is 21.8. The molecule has 1 aliphatic rings. The van der Waals surface area contributed by atoms with E-state index >= 15 is 0 Å². The second-order valence-electron chi connectivity index (χ2n) is 8.95. The van der Waals surface area contributed by atoms with Crippen LogP contribution in [0.5, 0.6) is 0 Å². The van der Waals surface area contributed by atoms with E-state index in [0.717, 1.165) is 44.8 Å². The zero-order valence-electron chi connectivity index (χ0n) is 19.0.